The topological polar surface area (TPSA) is 46.6 Å². The molecule has 1 unspecified atom stereocenters. The molecule has 100 valence electrons. The average Bonchev–Trinajstić information content (AvgIpc) is 2.87. The summed E-state index contributed by atoms with van der Waals surface area (Å²) >= 11 is 1.30. The average molecular weight is 287 g/mol. The van der Waals surface area contributed by atoms with E-state index in [1.807, 2.05) is 5.38 Å². The number of thiophene rings is 1. The van der Waals surface area contributed by atoms with Gasteiger partial charge in [-0.05, 0) is 36.6 Å². The molecule has 2 aliphatic rings. The molecule has 1 aliphatic carbocycles. The molecule has 0 radical (unpaired) electrons. The van der Waals surface area contributed by atoms with Crippen molar-refractivity contribution in [1.29, 1.82) is 0 Å². The Morgan fingerprint density at radius 2 is 2.22 bits per heavy atom. The molecule has 0 amide bonds. The third kappa shape index (κ3) is 2.47. The molecule has 2 heterocycles. The molecule has 0 N–H and O–H groups in total. The lowest BCUT2D eigenvalue weighted by atomic mass is 10.1. The lowest BCUT2D eigenvalue weighted by Crippen LogP contribution is -2.37. The molecular weight excluding hydrogens is 270 g/mol. The summed E-state index contributed by atoms with van der Waals surface area (Å²) < 4.78 is 32.6. The molecule has 18 heavy (non-hydrogen) atoms. The third-order valence-corrected chi connectivity index (χ3v) is 6.77. The number of sulfonamides is 1. The highest BCUT2D eigenvalue weighted by Crippen LogP contribution is 2.34. The minimum atomic E-state index is -3.29. The van der Waals surface area contributed by atoms with Crippen molar-refractivity contribution >= 4 is 21.4 Å². The van der Waals surface area contributed by atoms with Crippen LogP contribution in [-0.2, 0) is 14.8 Å². The van der Waals surface area contributed by atoms with Gasteiger partial charge in [-0.25, -0.2) is 8.42 Å². The number of rotatable bonds is 5. The predicted molar refractivity (Wildman–Crippen MR) is 70.2 cm³/mol. The van der Waals surface area contributed by atoms with E-state index in [9.17, 15) is 8.42 Å². The minimum Gasteiger partial charge on any atom is -0.381 e. The van der Waals surface area contributed by atoms with Crippen LogP contribution in [0.1, 0.15) is 19.3 Å². The van der Waals surface area contributed by atoms with Gasteiger partial charge in [-0.1, -0.05) is 6.07 Å². The quantitative estimate of drug-likeness (QED) is 0.831. The third-order valence-electron chi connectivity index (χ3n) is 3.47. The zero-order chi connectivity index (χ0) is 12.6. The van der Waals surface area contributed by atoms with Crippen LogP contribution in [0.5, 0.6) is 0 Å². The number of hydrogen-bond donors (Lipinski definition) is 0. The van der Waals surface area contributed by atoms with Gasteiger partial charge in [-0.15, -0.1) is 11.3 Å². The lowest BCUT2D eigenvalue weighted by molar-refractivity contribution is 0.180. The summed E-state index contributed by atoms with van der Waals surface area (Å²) in [7, 11) is -3.29. The van der Waals surface area contributed by atoms with Crippen molar-refractivity contribution in [2.75, 3.05) is 19.8 Å². The van der Waals surface area contributed by atoms with Crippen LogP contribution in [0.3, 0.4) is 0 Å². The van der Waals surface area contributed by atoms with E-state index >= 15 is 0 Å². The zero-order valence-electron chi connectivity index (χ0n) is 10.1. The maximum atomic E-state index is 12.6. The highest BCUT2D eigenvalue weighted by atomic mass is 32.2. The molecule has 0 aromatic carbocycles. The Kier molecular flexibility index (Phi) is 3.44. The van der Waals surface area contributed by atoms with Crippen molar-refractivity contribution in [2.24, 2.45) is 5.92 Å². The van der Waals surface area contributed by atoms with E-state index in [-0.39, 0.29) is 6.04 Å². The van der Waals surface area contributed by atoms with Gasteiger partial charge in [0.15, 0.2) is 0 Å². The van der Waals surface area contributed by atoms with Gasteiger partial charge >= 0.3 is 0 Å². The minimum absolute atomic E-state index is 0.220. The molecule has 3 rings (SSSR count). The molecule has 1 aromatic heterocycles. The van der Waals surface area contributed by atoms with E-state index < -0.39 is 10.0 Å². The van der Waals surface area contributed by atoms with E-state index in [1.54, 1.807) is 16.4 Å². The van der Waals surface area contributed by atoms with Crippen molar-refractivity contribution in [3.05, 3.63) is 17.5 Å². The van der Waals surface area contributed by atoms with E-state index in [0.29, 0.717) is 23.3 Å². The summed E-state index contributed by atoms with van der Waals surface area (Å²) in [4.78, 5) is 0. The van der Waals surface area contributed by atoms with E-state index in [2.05, 4.69) is 0 Å². The summed E-state index contributed by atoms with van der Waals surface area (Å²) in [5.74, 6) is 0.361. The highest BCUT2D eigenvalue weighted by molar-refractivity contribution is 7.91. The Morgan fingerprint density at radius 3 is 2.78 bits per heavy atom. The highest BCUT2D eigenvalue weighted by Gasteiger charge is 2.40. The standard InChI is InChI=1S/C12H17NO3S2/c14-18(15,12-2-1-7-17-12)13(11-3-4-11)8-10-5-6-16-9-10/h1-2,7,10-11H,3-6,8-9H2. The maximum absolute atomic E-state index is 12.6. The van der Waals surface area contributed by atoms with Crippen molar-refractivity contribution in [3.8, 4) is 0 Å². The van der Waals surface area contributed by atoms with E-state index in [1.165, 1.54) is 11.3 Å². The van der Waals surface area contributed by atoms with Crippen LogP contribution in [0.25, 0.3) is 0 Å². The van der Waals surface area contributed by atoms with Crippen LogP contribution in [0.4, 0.5) is 0 Å². The number of nitrogens with zero attached hydrogens (tertiary/aromatic N) is 1. The van der Waals surface area contributed by atoms with Crippen molar-refractivity contribution in [1.82, 2.24) is 4.31 Å². The van der Waals surface area contributed by atoms with Crippen LogP contribution in [0.2, 0.25) is 0 Å². The molecule has 6 heteroatoms. The lowest BCUT2D eigenvalue weighted by Gasteiger charge is -2.23. The monoisotopic (exact) mass is 287 g/mol. The van der Waals surface area contributed by atoms with Crippen LogP contribution in [-0.4, -0.2) is 38.5 Å². The van der Waals surface area contributed by atoms with Crippen molar-refractivity contribution in [3.63, 3.8) is 0 Å². The second-order valence-corrected chi connectivity index (χ2v) is 8.03. The summed E-state index contributed by atoms with van der Waals surface area (Å²) in [6, 6.07) is 3.71. The molecule has 1 atom stereocenters. The van der Waals surface area contributed by atoms with Crippen LogP contribution in [0.15, 0.2) is 21.7 Å². The molecule has 4 nitrogen and oxygen atoms in total. The summed E-state index contributed by atoms with van der Waals surface area (Å²) in [5.41, 5.74) is 0. The van der Waals surface area contributed by atoms with Gasteiger partial charge in [-0.3, -0.25) is 0 Å². The van der Waals surface area contributed by atoms with Gasteiger partial charge in [0.05, 0.1) is 6.61 Å². The molecule has 1 aromatic rings. The molecule has 0 bridgehead atoms. The molecule has 2 fully saturated rings. The molecule has 1 saturated carbocycles. The van der Waals surface area contributed by atoms with E-state index in [0.717, 1.165) is 25.9 Å². The zero-order valence-corrected chi connectivity index (χ0v) is 11.8. The maximum Gasteiger partial charge on any atom is 0.252 e. The second kappa shape index (κ2) is 4.92. The fraction of sp³-hybridized carbons (Fsp3) is 0.667. The fourth-order valence-electron chi connectivity index (χ4n) is 2.31. The Balaban J connectivity index is 1.80. The van der Waals surface area contributed by atoms with Crippen LogP contribution < -0.4 is 0 Å². The number of hydrogen-bond acceptors (Lipinski definition) is 4. The van der Waals surface area contributed by atoms with Gasteiger partial charge in [0.2, 0.25) is 0 Å². The van der Waals surface area contributed by atoms with Gasteiger partial charge in [0, 0.05) is 19.2 Å². The first kappa shape index (κ1) is 12.6. The van der Waals surface area contributed by atoms with Crippen molar-refractivity contribution < 1.29 is 13.2 Å². The largest absolute Gasteiger partial charge is 0.381 e. The van der Waals surface area contributed by atoms with Gasteiger partial charge in [0.1, 0.15) is 4.21 Å². The molecule has 1 saturated heterocycles. The second-order valence-electron chi connectivity index (χ2n) is 4.97. The molecule has 0 spiro atoms. The van der Waals surface area contributed by atoms with Crippen LogP contribution in [0, 0.1) is 5.92 Å². The van der Waals surface area contributed by atoms with E-state index in [4.69, 9.17) is 4.74 Å². The van der Waals surface area contributed by atoms with Gasteiger partial charge in [-0.2, -0.15) is 4.31 Å². The van der Waals surface area contributed by atoms with Gasteiger partial charge < -0.3 is 4.74 Å². The SMILES string of the molecule is O=S(=O)(c1cccs1)N(CC1CCOC1)C1CC1. The molecular formula is C12H17NO3S2. The van der Waals surface area contributed by atoms with Crippen molar-refractivity contribution in [2.45, 2.75) is 29.5 Å². The summed E-state index contributed by atoms with van der Waals surface area (Å²) in [6.45, 7) is 2.08. The van der Waals surface area contributed by atoms with Gasteiger partial charge in [0.25, 0.3) is 10.0 Å². The Labute approximate surface area is 112 Å². The normalized spacial score (nSPS) is 24.8. The summed E-state index contributed by atoms with van der Waals surface area (Å²) in [6.07, 6.45) is 2.97. The number of ether oxygens (including phenoxy) is 1. The predicted octanol–water partition coefficient (Wildman–Crippen LogP) is 1.94. The smallest absolute Gasteiger partial charge is 0.252 e. The first-order valence-electron chi connectivity index (χ1n) is 6.31. The Hall–Kier alpha value is -0.430. The molecule has 1 aliphatic heterocycles. The summed E-state index contributed by atoms with van der Waals surface area (Å²) in [5, 5.41) is 1.82. The Morgan fingerprint density at radius 1 is 1.39 bits per heavy atom. The Bertz CT molecular complexity index is 487. The fourth-order valence-corrected chi connectivity index (χ4v) is 5.19. The first-order valence-corrected chi connectivity index (χ1v) is 8.63. The first-order chi connectivity index (χ1) is 8.68. The van der Waals surface area contributed by atoms with Crippen LogP contribution >= 0.6 is 11.3 Å².